The molecule has 2 aromatic heterocycles. The van der Waals surface area contributed by atoms with Crippen LogP contribution in [0.3, 0.4) is 0 Å². The van der Waals surface area contributed by atoms with E-state index in [0.29, 0.717) is 28.2 Å². The first-order valence-corrected chi connectivity index (χ1v) is 10.2. The number of hydrogen-bond acceptors (Lipinski definition) is 4. The summed E-state index contributed by atoms with van der Waals surface area (Å²) < 4.78 is 58.3. The Morgan fingerprint density at radius 3 is 2.41 bits per heavy atom. The number of benzene rings is 2. The summed E-state index contributed by atoms with van der Waals surface area (Å²) >= 11 is 0. The third kappa shape index (κ3) is 5.00. The Bertz CT molecular complexity index is 1370. The summed E-state index contributed by atoms with van der Waals surface area (Å²) in [4.78, 5) is 16.9. The third-order valence-corrected chi connectivity index (χ3v) is 4.90. The topological polar surface area (TPSA) is 68.5 Å². The molecule has 0 saturated carbocycles. The molecule has 0 fully saturated rings. The van der Waals surface area contributed by atoms with E-state index in [4.69, 9.17) is 0 Å². The summed E-state index contributed by atoms with van der Waals surface area (Å²) in [6, 6.07) is 13.3. The summed E-state index contributed by atoms with van der Waals surface area (Å²) in [7, 11) is 0. The van der Waals surface area contributed by atoms with Gasteiger partial charge in [0.2, 0.25) is 5.91 Å². The maximum Gasteiger partial charge on any atom is 0.573 e. The van der Waals surface area contributed by atoms with Gasteiger partial charge in [0, 0.05) is 16.5 Å². The second kappa shape index (κ2) is 8.44. The largest absolute Gasteiger partial charge is 0.573 e. The zero-order valence-corrected chi connectivity index (χ0v) is 18.4. The van der Waals surface area contributed by atoms with Crippen molar-refractivity contribution in [1.29, 1.82) is 0 Å². The molecule has 0 radical (unpaired) electrons. The molecule has 6 nitrogen and oxygen atoms in total. The van der Waals surface area contributed by atoms with Gasteiger partial charge in [0.05, 0.1) is 23.3 Å². The lowest BCUT2D eigenvalue weighted by Gasteiger charge is -2.20. The number of carbonyl (C=O) groups excluding carboxylic acids is 1. The maximum atomic E-state index is 14.1. The number of halogens is 4. The van der Waals surface area contributed by atoms with Gasteiger partial charge in [-0.05, 0) is 42.5 Å². The molecule has 0 aliphatic carbocycles. The van der Waals surface area contributed by atoms with Gasteiger partial charge in [0.25, 0.3) is 0 Å². The Kier molecular flexibility index (Phi) is 5.76. The van der Waals surface area contributed by atoms with Crippen molar-refractivity contribution < 1.29 is 27.1 Å². The zero-order chi connectivity index (χ0) is 24.7. The van der Waals surface area contributed by atoms with Crippen LogP contribution in [-0.4, -0.2) is 26.9 Å². The van der Waals surface area contributed by atoms with E-state index in [9.17, 15) is 22.4 Å². The molecule has 0 saturated heterocycles. The highest BCUT2D eigenvalue weighted by atomic mass is 19.4. The monoisotopic (exact) mass is 472 g/mol. The van der Waals surface area contributed by atoms with Crippen LogP contribution >= 0.6 is 0 Å². The summed E-state index contributed by atoms with van der Waals surface area (Å²) in [5.41, 5.74) is 0.987. The molecular weight excluding hydrogens is 452 g/mol. The van der Waals surface area contributed by atoms with Crippen molar-refractivity contribution in [3.05, 3.63) is 66.6 Å². The number of ether oxygens (including phenoxy) is 1. The molecule has 0 unspecified atom stereocenters. The van der Waals surface area contributed by atoms with E-state index in [-0.39, 0.29) is 5.69 Å². The Labute approximate surface area is 192 Å². The number of fused-ring (bicyclic) bond motifs is 1. The van der Waals surface area contributed by atoms with Crippen LogP contribution < -0.4 is 10.1 Å². The van der Waals surface area contributed by atoms with E-state index in [0.717, 1.165) is 6.07 Å². The Balaban J connectivity index is 1.74. The van der Waals surface area contributed by atoms with Gasteiger partial charge in [0.15, 0.2) is 11.4 Å². The Morgan fingerprint density at radius 2 is 1.74 bits per heavy atom. The fourth-order valence-electron chi connectivity index (χ4n) is 3.14. The molecule has 0 spiro atoms. The number of amides is 1. The van der Waals surface area contributed by atoms with E-state index < -0.39 is 29.3 Å². The number of carbonyl (C=O) groups is 1. The zero-order valence-electron chi connectivity index (χ0n) is 18.4. The summed E-state index contributed by atoms with van der Waals surface area (Å²) in [5.74, 6) is -1.45. The van der Waals surface area contributed by atoms with Crippen molar-refractivity contribution in [3.63, 3.8) is 0 Å². The van der Waals surface area contributed by atoms with Gasteiger partial charge in [-0.2, -0.15) is 5.10 Å². The number of anilines is 1. The van der Waals surface area contributed by atoms with Crippen molar-refractivity contribution in [2.24, 2.45) is 5.41 Å². The van der Waals surface area contributed by atoms with Crippen LogP contribution in [0, 0.1) is 11.2 Å². The quantitative estimate of drug-likeness (QED) is 0.365. The van der Waals surface area contributed by atoms with Gasteiger partial charge >= 0.3 is 6.36 Å². The van der Waals surface area contributed by atoms with Gasteiger partial charge in [-0.25, -0.2) is 13.9 Å². The number of imidazole rings is 1. The minimum absolute atomic E-state index is 0.146. The number of aromatic nitrogens is 3. The lowest BCUT2D eigenvalue weighted by atomic mass is 9.95. The molecule has 4 rings (SSSR count). The first-order valence-electron chi connectivity index (χ1n) is 10.2. The molecule has 4 aromatic rings. The van der Waals surface area contributed by atoms with Crippen LogP contribution in [0.1, 0.15) is 20.8 Å². The minimum Gasteiger partial charge on any atom is -0.404 e. The van der Waals surface area contributed by atoms with Crippen molar-refractivity contribution in [2.45, 2.75) is 27.1 Å². The molecule has 10 heteroatoms. The molecule has 34 heavy (non-hydrogen) atoms. The van der Waals surface area contributed by atoms with Gasteiger partial charge in [-0.3, -0.25) is 4.79 Å². The average Bonchev–Trinajstić information content (AvgIpc) is 3.17. The number of nitrogens with one attached hydrogen (secondary N) is 1. The molecule has 2 aromatic carbocycles. The van der Waals surface area contributed by atoms with Gasteiger partial charge in [-0.1, -0.05) is 32.9 Å². The van der Waals surface area contributed by atoms with E-state index in [1.807, 2.05) is 0 Å². The lowest BCUT2D eigenvalue weighted by Crippen LogP contribution is -2.28. The molecule has 0 atom stereocenters. The molecule has 176 valence electrons. The van der Waals surface area contributed by atoms with Crippen LogP contribution in [-0.2, 0) is 4.79 Å². The first kappa shape index (κ1) is 23.2. The van der Waals surface area contributed by atoms with Crippen LogP contribution in [0.4, 0.5) is 23.2 Å². The number of alkyl halides is 3. The Hall–Kier alpha value is -3.95. The molecule has 2 heterocycles. The van der Waals surface area contributed by atoms with E-state index in [1.165, 1.54) is 22.7 Å². The average molecular weight is 472 g/mol. The number of hydrogen-bond donors (Lipinski definition) is 1. The van der Waals surface area contributed by atoms with Crippen molar-refractivity contribution >= 4 is 17.2 Å². The number of nitrogens with zero attached hydrogens (tertiary/aromatic N) is 3. The number of rotatable bonds is 4. The summed E-state index contributed by atoms with van der Waals surface area (Å²) in [5, 5.41) is 6.89. The van der Waals surface area contributed by atoms with E-state index in [2.05, 4.69) is 20.1 Å². The molecule has 1 N–H and O–H groups in total. The van der Waals surface area contributed by atoms with E-state index in [1.54, 1.807) is 57.3 Å². The van der Waals surface area contributed by atoms with Crippen LogP contribution in [0.5, 0.6) is 5.75 Å². The van der Waals surface area contributed by atoms with E-state index >= 15 is 0 Å². The second-order valence-electron chi connectivity index (χ2n) is 8.59. The fraction of sp³-hybridized carbons (Fsp3) is 0.208. The highest BCUT2D eigenvalue weighted by molar-refractivity contribution is 5.96. The molecule has 0 bridgehead atoms. The third-order valence-electron chi connectivity index (χ3n) is 4.90. The highest BCUT2D eigenvalue weighted by Crippen LogP contribution is 2.35. The highest BCUT2D eigenvalue weighted by Gasteiger charge is 2.33. The smallest absolute Gasteiger partial charge is 0.404 e. The lowest BCUT2D eigenvalue weighted by molar-refractivity contribution is -0.274. The SMILES string of the molecule is CC(C)(C)C(=O)Nc1cc(-c2cn3nc(-c4ccccc4F)ccc3n2)ccc1OC(F)(F)F. The van der Waals surface area contributed by atoms with Gasteiger partial charge in [-0.15, -0.1) is 13.2 Å². The fourth-order valence-corrected chi connectivity index (χ4v) is 3.14. The molecule has 0 aliphatic heterocycles. The van der Waals surface area contributed by atoms with Crippen molar-refractivity contribution in [2.75, 3.05) is 5.32 Å². The van der Waals surface area contributed by atoms with Crippen molar-refractivity contribution in [3.8, 4) is 28.3 Å². The van der Waals surface area contributed by atoms with Crippen LogP contribution in [0.2, 0.25) is 0 Å². The van der Waals surface area contributed by atoms with Crippen molar-refractivity contribution in [1.82, 2.24) is 14.6 Å². The standard InChI is InChI=1S/C24H20F4N4O2/c1-23(2,3)22(33)30-18-12-14(8-10-20(18)34-24(26,27)28)19-13-32-21(29-19)11-9-17(31-32)15-6-4-5-7-16(15)25/h4-13H,1-3H3,(H,30,33). The second-order valence-corrected chi connectivity index (χ2v) is 8.59. The van der Waals surface area contributed by atoms with Crippen LogP contribution in [0.15, 0.2) is 60.8 Å². The predicted octanol–water partition coefficient (Wildman–Crippen LogP) is 6.09. The predicted molar refractivity (Wildman–Crippen MR) is 119 cm³/mol. The van der Waals surface area contributed by atoms with Gasteiger partial charge < -0.3 is 10.1 Å². The molecular formula is C24H20F4N4O2. The molecule has 0 aliphatic rings. The summed E-state index contributed by atoms with van der Waals surface area (Å²) in [6.07, 6.45) is -3.37. The summed E-state index contributed by atoms with van der Waals surface area (Å²) in [6.45, 7) is 4.91. The minimum atomic E-state index is -4.93. The van der Waals surface area contributed by atoms with Crippen LogP contribution in [0.25, 0.3) is 28.2 Å². The first-order chi connectivity index (χ1) is 15.9. The normalized spacial score (nSPS) is 12.1. The Morgan fingerprint density at radius 1 is 1.00 bits per heavy atom. The van der Waals surface area contributed by atoms with Gasteiger partial charge in [0.1, 0.15) is 5.82 Å². The molecule has 1 amide bonds. The maximum absolute atomic E-state index is 14.1.